The van der Waals surface area contributed by atoms with Gasteiger partial charge in [-0.25, -0.2) is 0 Å². The molecule has 29 heavy (non-hydrogen) atoms. The highest BCUT2D eigenvalue weighted by atomic mass is 32.2. The zero-order valence-electron chi connectivity index (χ0n) is 18.1. The quantitative estimate of drug-likeness (QED) is 0.220. The maximum absolute atomic E-state index is 11.2. The van der Waals surface area contributed by atoms with Crippen LogP contribution < -0.4 is 4.74 Å². The zero-order valence-corrected chi connectivity index (χ0v) is 18.9. The Bertz CT molecular complexity index is 699. The monoisotopic (exact) mass is 428 g/mol. The summed E-state index contributed by atoms with van der Waals surface area (Å²) in [6.07, 6.45) is 9.91. The highest BCUT2D eigenvalue weighted by Crippen LogP contribution is 2.26. The van der Waals surface area contributed by atoms with Crippen LogP contribution in [0.2, 0.25) is 0 Å². The number of hydrogen-bond donors (Lipinski definition) is 0. The summed E-state index contributed by atoms with van der Waals surface area (Å²) in [6.45, 7) is 3.02. The summed E-state index contributed by atoms with van der Waals surface area (Å²) in [5.41, 5.74) is 2.61. The van der Waals surface area contributed by atoms with E-state index in [0.29, 0.717) is 13.0 Å². The third-order valence-electron chi connectivity index (χ3n) is 4.63. The largest absolute Gasteiger partial charge is 0.493 e. The van der Waals surface area contributed by atoms with Gasteiger partial charge in [0.25, 0.3) is 10.1 Å². The molecule has 0 atom stereocenters. The van der Waals surface area contributed by atoms with Crippen LogP contribution in [0.3, 0.4) is 0 Å². The number of aryl methyl sites for hydroxylation is 1. The van der Waals surface area contributed by atoms with Gasteiger partial charge in [-0.15, -0.1) is 0 Å². The van der Waals surface area contributed by atoms with Crippen molar-refractivity contribution in [1.29, 1.82) is 0 Å². The molecule has 0 aliphatic carbocycles. The van der Waals surface area contributed by atoms with Crippen LogP contribution in [0.15, 0.2) is 18.2 Å². The number of methoxy groups -OCH3 is 1. The molecule has 0 aliphatic heterocycles. The van der Waals surface area contributed by atoms with E-state index in [0.717, 1.165) is 69.8 Å². The van der Waals surface area contributed by atoms with Crippen LogP contribution in [-0.2, 0) is 36.7 Å². The number of benzene rings is 1. The molecule has 0 N–H and O–H groups in total. The van der Waals surface area contributed by atoms with Crippen molar-refractivity contribution in [2.24, 2.45) is 0 Å². The van der Waals surface area contributed by atoms with E-state index in [1.807, 2.05) is 12.1 Å². The predicted octanol–water partition coefficient (Wildman–Crippen LogP) is 4.44. The van der Waals surface area contributed by atoms with Crippen LogP contribution in [0.25, 0.3) is 0 Å². The number of esters is 1. The van der Waals surface area contributed by atoms with Crippen LogP contribution >= 0.6 is 0 Å². The first kappa shape index (κ1) is 25.4. The van der Waals surface area contributed by atoms with Crippen molar-refractivity contribution in [3.8, 4) is 5.75 Å². The zero-order chi connectivity index (χ0) is 21.5. The van der Waals surface area contributed by atoms with Crippen LogP contribution in [0.5, 0.6) is 5.75 Å². The molecule has 1 aromatic rings. The van der Waals surface area contributed by atoms with Gasteiger partial charge in [0.1, 0.15) is 5.75 Å². The molecule has 0 aliphatic rings. The lowest BCUT2D eigenvalue weighted by molar-refractivity contribution is -0.140. The molecule has 0 saturated carbocycles. The van der Waals surface area contributed by atoms with E-state index in [2.05, 4.69) is 17.7 Å². The smallest absolute Gasteiger partial charge is 0.305 e. The third-order valence-corrected chi connectivity index (χ3v) is 5.22. The van der Waals surface area contributed by atoms with Crippen LogP contribution in [0.1, 0.15) is 69.4 Å². The molecule has 0 bridgehead atoms. The van der Waals surface area contributed by atoms with E-state index in [4.69, 9.17) is 8.92 Å². The van der Waals surface area contributed by atoms with Gasteiger partial charge in [-0.3, -0.25) is 8.98 Å². The van der Waals surface area contributed by atoms with Gasteiger partial charge in [0.15, 0.2) is 0 Å². The number of unbranched alkanes of at least 4 members (excludes halogenated alkanes) is 4. The summed E-state index contributed by atoms with van der Waals surface area (Å²) in [6, 6.07) is 6.23. The second-order valence-electron chi connectivity index (χ2n) is 7.22. The standard InChI is InChI=1S/C22H36O6S/c1-4-12-20-19(13-7-5-6-9-18-28-29(3,24)25)14-11-15-21(20)27-17-10-8-16-22(23)26-2/h11,14-15H,4-10,12-13,16-18H2,1-3H3. The van der Waals surface area contributed by atoms with Gasteiger partial charge >= 0.3 is 5.97 Å². The van der Waals surface area contributed by atoms with E-state index in [-0.39, 0.29) is 12.6 Å². The average molecular weight is 429 g/mol. The van der Waals surface area contributed by atoms with E-state index in [9.17, 15) is 13.2 Å². The number of hydrogen-bond acceptors (Lipinski definition) is 6. The number of carbonyl (C=O) groups excluding carboxylic acids is 1. The molecule has 7 heteroatoms. The molecule has 0 saturated heterocycles. The highest BCUT2D eigenvalue weighted by molar-refractivity contribution is 7.85. The second kappa shape index (κ2) is 14.4. The third kappa shape index (κ3) is 11.9. The molecule has 0 aromatic heterocycles. The van der Waals surface area contributed by atoms with Gasteiger partial charge in [-0.1, -0.05) is 38.3 Å². The molecule has 0 spiro atoms. The van der Waals surface area contributed by atoms with Gasteiger partial charge in [-0.05, 0) is 55.7 Å². The summed E-state index contributed by atoms with van der Waals surface area (Å²) in [4.78, 5) is 11.2. The van der Waals surface area contributed by atoms with Gasteiger partial charge in [0.2, 0.25) is 0 Å². The first-order valence-corrected chi connectivity index (χ1v) is 12.3. The number of rotatable bonds is 16. The molecule has 0 fully saturated rings. The summed E-state index contributed by atoms with van der Waals surface area (Å²) < 4.78 is 37.3. The minimum Gasteiger partial charge on any atom is -0.493 e. The lowest BCUT2D eigenvalue weighted by Crippen LogP contribution is -2.05. The van der Waals surface area contributed by atoms with Crippen molar-refractivity contribution < 1.29 is 26.9 Å². The fraction of sp³-hybridized carbons (Fsp3) is 0.682. The lowest BCUT2D eigenvalue weighted by atomic mass is 9.97. The van der Waals surface area contributed by atoms with Gasteiger partial charge in [0, 0.05) is 6.42 Å². The highest BCUT2D eigenvalue weighted by Gasteiger charge is 2.09. The topological polar surface area (TPSA) is 78.9 Å². The summed E-state index contributed by atoms with van der Waals surface area (Å²) in [5, 5.41) is 0. The predicted molar refractivity (Wildman–Crippen MR) is 115 cm³/mol. The summed E-state index contributed by atoms with van der Waals surface area (Å²) in [5.74, 6) is 0.769. The Morgan fingerprint density at radius 1 is 0.966 bits per heavy atom. The normalized spacial score (nSPS) is 11.4. The first-order valence-electron chi connectivity index (χ1n) is 10.5. The molecule has 0 heterocycles. The lowest BCUT2D eigenvalue weighted by Gasteiger charge is -2.15. The van der Waals surface area contributed by atoms with Gasteiger partial charge in [-0.2, -0.15) is 8.42 Å². The SMILES string of the molecule is CCCc1c(CCCCCCOS(C)(=O)=O)cccc1OCCCCC(=O)OC. The fourth-order valence-corrected chi connectivity index (χ4v) is 3.57. The Morgan fingerprint density at radius 2 is 1.69 bits per heavy atom. The Kier molecular flexibility index (Phi) is 12.6. The minimum absolute atomic E-state index is 0.179. The van der Waals surface area contributed by atoms with Crippen molar-refractivity contribution in [2.45, 2.75) is 71.1 Å². The average Bonchev–Trinajstić information content (AvgIpc) is 2.67. The molecular weight excluding hydrogens is 392 g/mol. The fourth-order valence-electron chi connectivity index (χ4n) is 3.15. The maximum atomic E-state index is 11.2. The van der Waals surface area contributed by atoms with E-state index < -0.39 is 10.1 Å². The van der Waals surface area contributed by atoms with Crippen LogP contribution in [0.4, 0.5) is 0 Å². The Balaban J connectivity index is 2.43. The number of carbonyl (C=O) groups is 1. The van der Waals surface area contributed by atoms with Crippen LogP contribution in [0, 0.1) is 0 Å². The number of ether oxygens (including phenoxy) is 2. The van der Waals surface area contributed by atoms with Crippen molar-refractivity contribution in [1.82, 2.24) is 0 Å². The van der Waals surface area contributed by atoms with Crippen LogP contribution in [-0.4, -0.2) is 41.0 Å². The Labute approximate surface area is 176 Å². The summed E-state index contributed by atoms with van der Waals surface area (Å²) >= 11 is 0. The first-order chi connectivity index (χ1) is 13.9. The van der Waals surface area contributed by atoms with Crippen molar-refractivity contribution in [3.63, 3.8) is 0 Å². The maximum Gasteiger partial charge on any atom is 0.305 e. The molecular formula is C22H36O6S. The Hall–Kier alpha value is -1.60. The Morgan fingerprint density at radius 3 is 2.38 bits per heavy atom. The van der Waals surface area contributed by atoms with Crippen molar-refractivity contribution in [3.05, 3.63) is 29.3 Å². The second-order valence-corrected chi connectivity index (χ2v) is 8.86. The van der Waals surface area contributed by atoms with E-state index in [1.54, 1.807) is 0 Å². The molecule has 6 nitrogen and oxygen atoms in total. The van der Waals surface area contributed by atoms with E-state index >= 15 is 0 Å². The minimum atomic E-state index is -3.33. The van der Waals surface area contributed by atoms with E-state index in [1.165, 1.54) is 18.2 Å². The molecule has 166 valence electrons. The molecule has 0 amide bonds. The molecule has 0 radical (unpaired) electrons. The molecule has 0 unspecified atom stereocenters. The van der Waals surface area contributed by atoms with Gasteiger partial charge < -0.3 is 9.47 Å². The summed E-state index contributed by atoms with van der Waals surface area (Å²) in [7, 11) is -1.92. The molecule has 1 rings (SSSR count). The van der Waals surface area contributed by atoms with Gasteiger partial charge in [0.05, 0.1) is 26.6 Å². The van der Waals surface area contributed by atoms with Crippen molar-refractivity contribution >= 4 is 16.1 Å². The van der Waals surface area contributed by atoms with Crippen molar-refractivity contribution in [2.75, 3.05) is 26.6 Å². The molecule has 1 aromatic carbocycles.